The molecule has 2 amide bonds. The fourth-order valence-electron chi connectivity index (χ4n) is 2.47. The maximum absolute atomic E-state index is 12.2. The first-order valence-electron chi connectivity index (χ1n) is 7.36. The number of urea groups is 1. The summed E-state index contributed by atoms with van der Waals surface area (Å²) in [7, 11) is 0. The van der Waals surface area contributed by atoms with Crippen LogP contribution in [0.3, 0.4) is 0 Å². The van der Waals surface area contributed by atoms with Crippen LogP contribution >= 0.6 is 0 Å². The number of carbonyl (C=O) groups is 2. The highest BCUT2D eigenvalue weighted by molar-refractivity contribution is 5.82. The van der Waals surface area contributed by atoms with Crippen LogP contribution in [-0.4, -0.2) is 40.6 Å². The Kier molecular flexibility index (Phi) is 6.67. The molecule has 0 aliphatic carbocycles. The monoisotopic (exact) mass is 270 g/mol. The van der Waals surface area contributed by atoms with Gasteiger partial charge in [-0.2, -0.15) is 0 Å². The zero-order chi connectivity index (χ0) is 14.3. The number of nitrogens with one attached hydrogen (secondary N) is 1. The van der Waals surface area contributed by atoms with Gasteiger partial charge in [-0.25, -0.2) is 9.59 Å². The molecule has 0 spiro atoms. The Labute approximate surface area is 115 Å². The summed E-state index contributed by atoms with van der Waals surface area (Å²) in [5, 5.41) is 11.8. The van der Waals surface area contributed by atoms with Crippen LogP contribution in [0.15, 0.2) is 0 Å². The Bertz CT molecular complexity index is 307. The van der Waals surface area contributed by atoms with E-state index in [0.29, 0.717) is 6.42 Å². The molecule has 1 saturated heterocycles. The van der Waals surface area contributed by atoms with Crippen molar-refractivity contribution in [1.29, 1.82) is 0 Å². The maximum Gasteiger partial charge on any atom is 0.326 e. The second kappa shape index (κ2) is 8.02. The molecule has 1 heterocycles. The van der Waals surface area contributed by atoms with Crippen molar-refractivity contribution in [2.24, 2.45) is 0 Å². The van der Waals surface area contributed by atoms with E-state index in [1.165, 1.54) is 0 Å². The molecule has 2 atom stereocenters. The number of carboxylic acid groups (broad SMARTS) is 1. The topological polar surface area (TPSA) is 69.6 Å². The maximum atomic E-state index is 12.2. The number of aliphatic carboxylic acids is 1. The van der Waals surface area contributed by atoms with Crippen molar-refractivity contribution in [3.63, 3.8) is 0 Å². The number of rotatable bonds is 5. The molecule has 0 aromatic heterocycles. The van der Waals surface area contributed by atoms with E-state index in [0.717, 1.165) is 45.1 Å². The quantitative estimate of drug-likeness (QED) is 0.806. The highest BCUT2D eigenvalue weighted by atomic mass is 16.4. The SMILES string of the molecule is CCCCC(NC(=O)N1CCCCCC1C)C(=O)O. The van der Waals surface area contributed by atoms with Crippen LogP contribution < -0.4 is 5.32 Å². The summed E-state index contributed by atoms with van der Waals surface area (Å²) in [5.74, 6) is -0.940. The van der Waals surface area contributed by atoms with Crippen LogP contribution in [0.4, 0.5) is 4.79 Å². The predicted octanol–water partition coefficient (Wildman–Crippen LogP) is 2.60. The van der Waals surface area contributed by atoms with Crippen LogP contribution in [-0.2, 0) is 4.79 Å². The van der Waals surface area contributed by atoms with Crippen LogP contribution in [0.1, 0.15) is 58.8 Å². The molecule has 2 unspecified atom stereocenters. The first-order valence-corrected chi connectivity index (χ1v) is 7.36. The lowest BCUT2D eigenvalue weighted by atomic mass is 10.1. The van der Waals surface area contributed by atoms with Gasteiger partial charge in [0.25, 0.3) is 0 Å². The average molecular weight is 270 g/mol. The van der Waals surface area contributed by atoms with E-state index >= 15 is 0 Å². The Hall–Kier alpha value is -1.26. The number of hydrogen-bond donors (Lipinski definition) is 2. The lowest BCUT2D eigenvalue weighted by molar-refractivity contribution is -0.139. The molecular weight excluding hydrogens is 244 g/mol. The highest BCUT2D eigenvalue weighted by Crippen LogP contribution is 2.16. The number of amides is 2. The Morgan fingerprint density at radius 3 is 2.74 bits per heavy atom. The molecular formula is C14H26N2O3. The number of nitrogens with zero attached hydrogens (tertiary/aromatic N) is 1. The lowest BCUT2D eigenvalue weighted by Gasteiger charge is -2.28. The number of carboxylic acids is 1. The van der Waals surface area contributed by atoms with E-state index in [4.69, 9.17) is 5.11 Å². The smallest absolute Gasteiger partial charge is 0.326 e. The summed E-state index contributed by atoms with van der Waals surface area (Å²) in [6.07, 6.45) is 6.53. The van der Waals surface area contributed by atoms with E-state index in [2.05, 4.69) is 5.32 Å². The molecule has 0 aromatic rings. The minimum atomic E-state index is -0.940. The number of likely N-dealkylation sites (tertiary alicyclic amines) is 1. The van der Waals surface area contributed by atoms with Crippen molar-refractivity contribution in [2.75, 3.05) is 6.54 Å². The predicted molar refractivity (Wildman–Crippen MR) is 74.1 cm³/mol. The summed E-state index contributed by atoms with van der Waals surface area (Å²) >= 11 is 0. The number of unbranched alkanes of at least 4 members (excludes halogenated alkanes) is 1. The zero-order valence-corrected chi connectivity index (χ0v) is 12.0. The van der Waals surface area contributed by atoms with Crippen molar-refractivity contribution >= 4 is 12.0 Å². The van der Waals surface area contributed by atoms with Gasteiger partial charge in [0.2, 0.25) is 0 Å². The second-order valence-electron chi connectivity index (χ2n) is 5.37. The third kappa shape index (κ3) is 5.09. The van der Waals surface area contributed by atoms with Gasteiger partial charge < -0.3 is 15.3 Å². The van der Waals surface area contributed by atoms with Crippen LogP contribution in [0.2, 0.25) is 0 Å². The number of hydrogen-bond acceptors (Lipinski definition) is 2. The molecule has 110 valence electrons. The Balaban J connectivity index is 2.56. The summed E-state index contributed by atoms with van der Waals surface area (Å²) in [6.45, 7) is 4.78. The fraction of sp³-hybridized carbons (Fsp3) is 0.857. The molecule has 1 aliphatic rings. The molecule has 19 heavy (non-hydrogen) atoms. The van der Waals surface area contributed by atoms with E-state index in [-0.39, 0.29) is 12.1 Å². The van der Waals surface area contributed by atoms with Gasteiger partial charge in [-0.05, 0) is 26.2 Å². The van der Waals surface area contributed by atoms with E-state index < -0.39 is 12.0 Å². The molecule has 5 heteroatoms. The van der Waals surface area contributed by atoms with Crippen molar-refractivity contribution in [2.45, 2.75) is 70.9 Å². The summed E-state index contributed by atoms with van der Waals surface area (Å²) in [5.41, 5.74) is 0. The third-order valence-corrected chi connectivity index (χ3v) is 3.76. The van der Waals surface area contributed by atoms with Gasteiger partial charge in [0.15, 0.2) is 0 Å². The molecule has 2 N–H and O–H groups in total. The van der Waals surface area contributed by atoms with E-state index in [9.17, 15) is 9.59 Å². The van der Waals surface area contributed by atoms with Crippen LogP contribution in [0, 0.1) is 0 Å². The van der Waals surface area contributed by atoms with Crippen LogP contribution in [0.5, 0.6) is 0 Å². The lowest BCUT2D eigenvalue weighted by Crippen LogP contribution is -2.50. The molecule has 0 radical (unpaired) electrons. The first-order chi connectivity index (χ1) is 9.06. The minimum Gasteiger partial charge on any atom is -0.480 e. The largest absolute Gasteiger partial charge is 0.480 e. The highest BCUT2D eigenvalue weighted by Gasteiger charge is 2.26. The fourth-order valence-corrected chi connectivity index (χ4v) is 2.47. The normalized spacial score (nSPS) is 21.6. The zero-order valence-electron chi connectivity index (χ0n) is 12.0. The molecule has 1 fully saturated rings. The summed E-state index contributed by atoms with van der Waals surface area (Å²) in [6, 6.07) is -0.788. The van der Waals surface area contributed by atoms with Gasteiger partial charge in [0.1, 0.15) is 6.04 Å². The summed E-state index contributed by atoms with van der Waals surface area (Å²) < 4.78 is 0. The van der Waals surface area contributed by atoms with Crippen molar-refractivity contribution < 1.29 is 14.7 Å². The van der Waals surface area contributed by atoms with Gasteiger partial charge in [-0.1, -0.05) is 32.6 Å². The van der Waals surface area contributed by atoms with Gasteiger partial charge in [-0.3, -0.25) is 0 Å². The molecule has 0 saturated carbocycles. The third-order valence-electron chi connectivity index (χ3n) is 3.76. The molecule has 1 aliphatic heterocycles. The second-order valence-corrected chi connectivity index (χ2v) is 5.37. The minimum absolute atomic E-state index is 0.197. The van der Waals surface area contributed by atoms with Crippen LogP contribution in [0.25, 0.3) is 0 Å². The molecule has 0 bridgehead atoms. The van der Waals surface area contributed by atoms with E-state index in [1.807, 2.05) is 13.8 Å². The average Bonchev–Trinajstić information content (AvgIpc) is 2.58. The van der Waals surface area contributed by atoms with E-state index in [1.54, 1.807) is 4.90 Å². The standard InChI is InChI=1S/C14H26N2O3/c1-3-4-9-12(13(17)18)15-14(19)16-10-7-5-6-8-11(16)2/h11-12H,3-10H2,1-2H3,(H,15,19)(H,17,18). The van der Waals surface area contributed by atoms with Crippen molar-refractivity contribution in [3.05, 3.63) is 0 Å². The van der Waals surface area contributed by atoms with Crippen molar-refractivity contribution in [1.82, 2.24) is 10.2 Å². The van der Waals surface area contributed by atoms with Gasteiger partial charge in [0.05, 0.1) is 0 Å². The molecule has 1 rings (SSSR count). The Morgan fingerprint density at radius 1 is 1.37 bits per heavy atom. The van der Waals surface area contributed by atoms with Gasteiger partial charge in [-0.15, -0.1) is 0 Å². The molecule has 5 nitrogen and oxygen atoms in total. The first kappa shape index (κ1) is 15.8. The summed E-state index contributed by atoms with van der Waals surface area (Å²) in [4.78, 5) is 25.1. The van der Waals surface area contributed by atoms with Gasteiger partial charge in [0, 0.05) is 12.6 Å². The van der Waals surface area contributed by atoms with Gasteiger partial charge >= 0.3 is 12.0 Å². The number of carbonyl (C=O) groups excluding carboxylic acids is 1. The molecule has 0 aromatic carbocycles. The van der Waals surface area contributed by atoms with Crippen molar-refractivity contribution in [3.8, 4) is 0 Å². The Morgan fingerprint density at radius 2 is 2.11 bits per heavy atom.